The lowest BCUT2D eigenvalue weighted by Gasteiger charge is -2.03. The van der Waals surface area contributed by atoms with E-state index in [-0.39, 0.29) is 11.2 Å². The second kappa shape index (κ2) is 6.90. The van der Waals surface area contributed by atoms with E-state index in [2.05, 4.69) is 4.98 Å². The van der Waals surface area contributed by atoms with Gasteiger partial charge < -0.3 is 10.1 Å². The third-order valence-corrected chi connectivity index (χ3v) is 6.67. The fourth-order valence-electron chi connectivity index (χ4n) is 5.04. The van der Waals surface area contributed by atoms with Gasteiger partial charge >= 0.3 is 0 Å². The van der Waals surface area contributed by atoms with Crippen LogP contribution in [0, 0.1) is 0 Å². The molecule has 34 heavy (non-hydrogen) atoms. The Labute approximate surface area is 194 Å². The predicted molar refractivity (Wildman–Crippen MR) is 139 cm³/mol. The van der Waals surface area contributed by atoms with E-state index in [1.165, 1.54) is 0 Å². The first-order valence-electron chi connectivity index (χ1n) is 11.2. The number of H-pyrrole nitrogens is 1. The van der Waals surface area contributed by atoms with Gasteiger partial charge in [0, 0.05) is 49.0 Å². The third-order valence-electron chi connectivity index (χ3n) is 6.67. The largest absolute Gasteiger partial charge is 0.507 e. The molecule has 4 heteroatoms. The number of phenolic OH excluding ortho intramolecular Hbond substituents is 1. The number of aromatic hydroxyl groups is 1. The van der Waals surface area contributed by atoms with Crippen molar-refractivity contribution >= 4 is 44.7 Å². The molecular weight excluding hydrogens is 420 g/mol. The Bertz CT molecular complexity index is 1950. The summed E-state index contributed by atoms with van der Waals surface area (Å²) in [6.45, 7) is 0. The van der Waals surface area contributed by atoms with Crippen molar-refractivity contribution in [2.75, 3.05) is 0 Å². The maximum Gasteiger partial charge on any atom is 0.195 e. The Hall–Kier alpha value is -4.70. The van der Waals surface area contributed by atoms with Crippen molar-refractivity contribution in [1.29, 1.82) is 0 Å². The topological polar surface area (TPSA) is 66.0 Å². The summed E-state index contributed by atoms with van der Waals surface area (Å²) in [4.78, 5) is 22.0. The van der Waals surface area contributed by atoms with E-state index < -0.39 is 0 Å². The highest BCUT2D eigenvalue weighted by atomic mass is 16.3. The first-order chi connectivity index (χ1) is 16.7. The molecule has 1 aliphatic carbocycles. The number of para-hydroxylation sites is 1. The minimum atomic E-state index is -0.0480. The molecule has 0 spiro atoms. The van der Waals surface area contributed by atoms with E-state index in [0.29, 0.717) is 32.9 Å². The van der Waals surface area contributed by atoms with E-state index in [4.69, 9.17) is 4.98 Å². The zero-order valence-electron chi connectivity index (χ0n) is 18.0. The zero-order chi connectivity index (χ0) is 22.8. The molecule has 0 amide bonds. The highest BCUT2D eigenvalue weighted by molar-refractivity contribution is 6.10. The first kappa shape index (κ1) is 18.8. The molecule has 5 aromatic rings. The van der Waals surface area contributed by atoms with Crippen molar-refractivity contribution in [3.8, 4) is 28.3 Å². The minimum Gasteiger partial charge on any atom is -0.507 e. The molecule has 3 aromatic carbocycles. The van der Waals surface area contributed by atoms with Gasteiger partial charge in [-0.05, 0) is 24.3 Å². The van der Waals surface area contributed by atoms with Gasteiger partial charge in [-0.15, -0.1) is 0 Å². The maximum atomic E-state index is 13.6. The van der Waals surface area contributed by atoms with E-state index in [9.17, 15) is 9.90 Å². The summed E-state index contributed by atoms with van der Waals surface area (Å²) in [5, 5.41) is 15.2. The van der Waals surface area contributed by atoms with Crippen LogP contribution in [-0.4, -0.2) is 15.1 Å². The first-order valence-corrected chi connectivity index (χ1v) is 11.2. The number of benzene rings is 3. The molecule has 0 unspecified atom stereocenters. The summed E-state index contributed by atoms with van der Waals surface area (Å²) in [7, 11) is 0. The Balaban J connectivity index is 1.80. The molecule has 4 nitrogen and oxygen atoms in total. The normalized spacial score (nSPS) is 12.5. The SMILES string of the molecule is O=c1c2c3[nH]c(cc4cccc(c5nc(cc1=CC=C2)-c1ccccc1-5)c4O)c1ccccc31. The van der Waals surface area contributed by atoms with Crippen LogP contribution in [0.2, 0.25) is 0 Å². The van der Waals surface area contributed by atoms with Gasteiger partial charge in [-0.1, -0.05) is 72.8 Å². The number of allylic oxidation sites excluding steroid dienone is 1. The summed E-state index contributed by atoms with van der Waals surface area (Å²) in [5.41, 5.74) is 5.46. The molecule has 2 aliphatic rings. The Kier molecular flexibility index (Phi) is 3.82. The predicted octanol–water partition coefficient (Wildman–Crippen LogP) is 5.80. The van der Waals surface area contributed by atoms with Crippen molar-refractivity contribution in [3.63, 3.8) is 0 Å². The zero-order valence-corrected chi connectivity index (χ0v) is 18.0. The number of hydrogen-bond acceptors (Lipinski definition) is 3. The molecule has 2 N–H and O–H groups in total. The molecule has 0 atom stereocenters. The van der Waals surface area contributed by atoms with Crippen LogP contribution in [0.4, 0.5) is 0 Å². The van der Waals surface area contributed by atoms with Gasteiger partial charge in [-0.2, -0.15) is 0 Å². The van der Waals surface area contributed by atoms with E-state index in [0.717, 1.165) is 32.9 Å². The van der Waals surface area contributed by atoms with Crippen LogP contribution in [0.25, 0.3) is 67.2 Å². The lowest BCUT2D eigenvalue weighted by molar-refractivity contribution is 0.487. The Morgan fingerprint density at radius 1 is 0.794 bits per heavy atom. The van der Waals surface area contributed by atoms with Gasteiger partial charge in [0.1, 0.15) is 5.75 Å². The summed E-state index contributed by atoms with van der Waals surface area (Å²) in [5.74, 6) is 0.178. The monoisotopic (exact) mass is 438 g/mol. The lowest BCUT2D eigenvalue weighted by Crippen LogP contribution is -2.26. The van der Waals surface area contributed by atoms with Crippen molar-refractivity contribution < 1.29 is 5.11 Å². The molecular formula is C30H18N2O2. The average Bonchev–Trinajstić information content (AvgIpc) is 3.40. The van der Waals surface area contributed by atoms with Crippen LogP contribution in [0.3, 0.4) is 0 Å². The number of rotatable bonds is 0. The summed E-state index contributed by atoms with van der Waals surface area (Å²) in [6, 6.07) is 25.4. The van der Waals surface area contributed by atoms with Gasteiger partial charge in [0.05, 0.1) is 16.9 Å². The summed E-state index contributed by atoms with van der Waals surface area (Å²) >= 11 is 0. The van der Waals surface area contributed by atoms with E-state index in [1.54, 1.807) is 0 Å². The van der Waals surface area contributed by atoms with Gasteiger partial charge in [0.25, 0.3) is 0 Å². The number of hydrogen-bond donors (Lipinski definition) is 2. The molecule has 1 aliphatic heterocycles. The molecule has 0 saturated carbocycles. The number of aromatic amines is 1. The molecule has 7 rings (SSSR count). The molecule has 3 heterocycles. The minimum absolute atomic E-state index is 0.0480. The van der Waals surface area contributed by atoms with Gasteiger partial charge in [-0.25, -0.2) is 4.98 Å². The molecule has 0 radical (unpaired) electrons. The van der Waals surface area contributed by atoms with Crippen molar-refractivity contribution in [3.05, 3.63) is 106 Å². The van der Waals surface area contributed by atoms with Crippen LogP contribution >= 0.6 is 0 Å². The number of nitrogens with one attached hydrogen (secondary N) is 1. The molecule has 0 saturated heterocycles. The fourth-order valence-corrected chi connectivity index (χ4v) is 5.04. The second-order valence-corrected chi connectivity index (χ2v) is 8.61. The van der Waals surface area contributed by atoms with Crippen LogP contribution in [0.5, 0.6) is 5.75 Å². The van der Waals surface area contributed by atoms with Gasteiger partial charge in [0.15, 0.2) is 5.43 Å². The third kappa shape index (κ3) is 2.60. The lowest BCUT2D eigenvalue weighted by atomic mass is 10.0. The highest BCUT2D eigenvalue weighted by Crippen LogP contribution is 2.40. The van der Waals surface area contributed by atoms with Crippen LogP contribution in [0.15, 0.2) is 89.7 Å². The van der Waals surface area contributed by atoms with Gasteiger partial charge in [-0.3, -0.25) is 4.79 Å². The number of fused-ring (bicyclic) bond motifs is 16. The quantitative estimate of drug-likeness (QED) is 0.315. The average molecular weight is 438 g/mol. The molecule has 160 valence electrons. The summed E-state index contributed by atoms with van der Waals surface area (Å²) in [6.07, 6.45) is 5.60. The smallest absolute Gasteiger partial charge is 0.195 e. The van der Waals surface area contributed by atoms with E-state index in [1.807, 2.05) is 97.1 Å². The van der Waals surface area contributed by atoms with Gasteiger partial charge in [0.2, 0.25) is 0 Å². The second-order valence-electron chi connectivity index (χ2n) is 8.61. The molecule has 8 bridgehead atoms. The number of aromatic nitrogens is 2. The van der Waals surface area contributed by atoms with Crippen LogP contribution in [-0.2, 0) is 0 Å². The van der Waals surface area contributed by atoms with Crippen LogP contribution in [0.1, 0.15) is 5.56 Å². The molecule has 0 fully saturated rings. The van der Waals surface area contributed by atoms with Crippen molar-refractivity contribution in [2.45, 2.75) is 0 Å². The number of nitrogens with zero attached hydrogens (tertiary/aromatic N) is 1. The highest BCUT2D eigenvalue weighted by Gasteiger charge is 2.19. The standard InChI is InChI=1S/C30H18N2O2/c33-29-17-7-5-14-24(29)28-22-12-4-2-10-20(22)26(32-28)16-18-8-6-13-23(30(18)34)27-21-11-3-1-9-19(21)25(15-17)31-27/h1-16,31,33H. The maximum absolute atomic E-state index is 13.6. The Morgan fingerprint density at radius 2 is 1.56 bits per heavy atom. The summed E-state index contributed by atoms with van der Waals surface area (Å²) < 4.78 is 0. The van der Waals surface area contributed by atoms with Crippen molar-refractivity contribution in [1.82, 2.24) is 9.97 Å². The number of phenols is 1. The van der Waals surface area contributed by atoms with Crippen molar-refractivity contribution in [2.24, 2.45) is 0 Å². The fraction of sp³-hybridized carbons (Fsp3) is 0. The molecule has 2 aromatic heterocycles. The Morgan fingerprint density at radius 3 is 2.44 bits per heavy atom. The van der Waals surface area contributed by atoms with E-state index >= 15 is 0 Å². The van der Waals surface area contributed by atoms with Crippen LogP contribution < -0.4 is 10.6 Å².